The van der Waals surface area contributed by atoms with Gasteiger partial charge in [0.1, 0.15) is 23.0 Å². The lowest BCUT2D eigenvalue weighted by atomic mass is 9.90. The molecule has 36 heavy (non-hydrogen) atoms. The third kappa shape index (κ3) is 3.84. The van der Waals surface area contributed by atoms with Gasteiger partial charge in [-0.05, 0) is 43.2 Å². The van der Waals surface area contributed by atoms with E-state index in [4.69, 9.17) is 14.5 Å². The molecule has 4 heterocycles. The molecule has 1 aliphatic heterocycles. The normalized spacial score (nSPS) is 16.6. The number of hydrogen-bond acceptors (Lipinski definition) is 6. The van der Waals surface area contributed by atoms with Gasteiger partial charge in [-0.3, -0.25) is 0 Å². The summed E-state index contributed by atoms with van der Waals surface area (Å²) < 4.78 is 37.5. The summed E-state index contributed by atoms with van der Waals surface area (Å²) in [5.41, 5.74) is 5.74. The molecule has 186 valence electrons. The first-order chi connectivity index (χ1) is 17.6. The molecule has 1 saturated carbocycles. The Hall–Kier alpha value is -3.71. The molecule has 10 heteroatoms. The maximum atomic E-state index is 13.2. The van der Waals surface area contributed by atoms with Crippen LogP contribution < -0.4 is 10.1 Å². The van der Waals surface area contributed by atoms with Crippen molar-refractivity contribution in [1.82, 2.24) is 19.9 Å². The number of halogens is 2. The molecule has 3 N–H and O–H groups in total. The topological polar surface area (TPSA) is 112 Å². The predicted molar refractivity (Wildman–Crippen MR) is 132 cm³/mol. The molecular weight excluding hydrogens is 466 g/mol. The Morgan fingerprint density at radius 1 is 1.19 bits per heavy atom. The minimum absolute atomic E-state index is 0.200. The van der Waals surface area contributed by atoms with Gasteiger partial charge in [0.05, 0.1) is 35.9 Å². The van der Waals surface area contributed by atoms with Crippen molar-refractivity contribution in [2.45, 2.75) is 43.9 Å². The van der Waals surface area contributed by atoms with Gasteiger partial charge >= 0.3 is 0 Å². The number of aromatic nitrogens is 4. The number of ether oxygens (including phenoxy) is 2. The van der Waals surface area contributed by atoms with Gasteiger partial charge in [-0.2, -0.15) is 5.26 Å². The number of nitrogens with zero attached hydrogens (tertiary/aromatic N) is 3. The standard InChI is InChI=1S/C26H26F2N6O2/c1-35-26-20(22-17(11-31-26)16(10-29)21(33-22)14-2-3-14)25-32-18-5-4-15(13-6-8-36-9-7-13)23(24(18)34-25)30-12-19(27)28/h4-5,11,13-14,19,30,33H,2-3,6-9,12H2,1H3,(H,32,34). The zero-order valence-corrected chi connectivity index (χ0v) is 19.8. The highest BCUT2D eigenvalue weighted by Gasteiger charge is 2.31. The van der Waals surface area contributed by atoms with Crippen LogP contribution in [0.5, 0.6) is 5.88 Å². The number of rotatable bonds is 7. The molecule has 1 aromatic carbocycles. The number of fused-ring (bicyclic) bond motifs is 2. The van der Waals surface area contributed by atoms with Crippen molar-refractivity contribution in [3.05, 3.63) is 35.2 Å². The van der Waals surface area contributed by atoms with Crippen LogP contribution in [0.25, 0.3) is 33.3 Å². The summed E-state index contributed by atoms with van der Waals surface area (Å²) in [6.45, 7) is 0.820. The van der Waals surface area contributed by atoms with Crippen molar-refractivity contribution in [3.63, 3.8) is 0 Å². The summed E-state index contributed by atoms with van der Waals surface area (Å²) in [6, 6.07) is 6.25. The Morgan fingerprint density at radius 2 is 2.00 bits per heavy atom. The maximum Gasteiger partial charge on any atom is 0.255 e. The van der Waals surface area contributed by atoms with Crippen LogP contribution in [0.15, 0.2) is 18.3 Å². The second kappa shape index (κ2) is 9.06. The summed E-state index contributed by atoms with van der Waals surface area (Å²) in [5, 5.41) is 13.5. The van der Waals surface area contributed by atoms with Gasteiger partial charge in [-0.1, -0.05) is 6.07 Å². The molecule has 1 aliphatic carbocycles. The largest absolute Gasteiger partial charge is 0.480 e. The summed E-state index contributed by atoms with van der Waals surface area (Å²) in [4.78, 5) is 16.1. The fourth-order valence-corrected chi connectivity index (χ4v) is 5.25. The number of benzene rings is 1. The second-order valence-electron chi connectivity index (χ2n) is 9.40. The average Bonchev–Trinajstić information content (AvgIpc) is 3.54. The number of anilines is 1. The lowest BCUT2D eigenvalue weighted by molar-refractivity contribution is 0.0854. The van der Waals surface area contributed by atoms with Gasteiger partial charge in [0.25, 0.3) is 6.43 Å². The maximum absolute atomic E-state index is 13.2. The Bertz CT molecular complexity index is 1480. The summed E-state index contributed by atoms with van der Waals surface area (Å²) in [6.07, 6.45) is 2.89. The number of aromatic amines is 2. The summed E-state index contributed by atoms with van der Waals surface area (Å²) in [7, 11) is 1.54. The molecule has 0 radical (unpaired) electrons. The van der Waals surface area contributed by atoms with E-state index in [1.165, 1.54) is 7.11 Å². The van der Waals surface area contributed by atoms with E-state index in [0.29, 0.717) is 58.7 Å². The number of alkyl halides is 2. The van der Waals surface area contributed by atoms with E-state index < -0.39 is 13.0 Å². The minimum atomic E-state index is -2.50. The van der Waals surface area contributed by atoms with Crippen LogP contribution in [0.3, 0.4) is 0 Å². The number of pyridine rings is 1. The van der Waals surface area contributed by atoms with Gasteiger partial charge in [0.2, 0.25) is 5.88 Å². The van der Waals surface area contributed by atoms with Crippen LogP contribution in [-0.4, -0.2) is 53.2 Å². The SMILES string of the molecule is COc1ncc2c(C#N)c(C3CC3)[nH]c2c1-c1nc2c(NCC(F)F)c(C3CCOCC3)ccc2[nH]1. The number of nitrogens with one attached hydrogen (secondary N) is 3. The highest BCUT2D eigenvalue weighted by molar-refractivity contribution is 6.01. The molecule has 0 atom stereocenters. The zero-order valence-electron chi connectivity index (χ0n) is 19.8. The van der Waals surface area contributed by atoms with Crippen LogP contribution in [-0.2, 0) is 4.74 Å². The molecule has 0 amide bonds. The van der Waals surface area contributed by atoms with E-state index >= 15 is 0 Å². The first-order valence-electron chi connectivity index (χ1n) is 12.2. The lowest BCUT2D eigenvalue weighted by Crippen LogP contribution is -2.17. The highest BCUT2D eigenvalue weighted by atomic mass is 19.3. The third-order valence-electron chi connectivity index (χ3n) is 7.15. The molecule has 0 bridgehead atoms. The van der Waals surface area contributed by atoms with Gasteiger partial charge in [0, 0.05) is 36.4 Å². The molecule has 4 aromatic rings. The molecular formula is C26H26F2N6O2. The van der Waals surface area contributed by atoms with E-state index in [2.05, 4.69) is 26.3 Å². The molecule has 8 nitrogen and oxygen atoms in total. The second-order valence-corrected chi connectivity index (χ2v) is 9.40. The molecule has 0 spiro atoms. The fraction of sp³-hybridized carbons (Fsp3) is 0.423. The number of methoxy groups -OCH3 is 1. The summed E-state index contributed by atoms with van der Waals surface area (Å²) >= 11 is 0. The lowest BCUT2D eigenvalue weighted by Gasteiger charge is -2.25. The monoisotopic (exact) mass is 492 g/mol. The van der Waals surface area contributed by atoms with Crippen molar-refractivity contribution in [2.75, 3.05) is 32.2 Å². The predicted octanol–water partition coefficient (Wildman–Crippen LogP) is 5.43. The number of imidazole rings is 1. The Morgan fingerprint density at radius 3 is 2.69 bits per heavy atom. The molecule has 6 rings (SSSR count). The van der Waals surface area contributed by atoms with Crippen LogP contribution in [0.2, 0.25) is 0 Å². The van der Waals surface area contributed by atoms with Crippen LogP contribution >= 0.6 is 0 Å². The van der Waals surface area contributed by atoms with Gasteiger partial charge < -0.3 is 24.8 Å². The third-order valence-corrected chi connectivity index (χ3v) is 7.15. The Kier molecular flexibility index (Phi) is 5.72. The van der Waals surface area contributed by atoms with Gasteiger partial charge in [-0.25, -0.2) is 18.7 Å². The Labute approximate surface area is 206 Å². The Balaban J connectivity index is 1.54. The minimum Gasteiger partial charge on any atom is -0.480 e. The van der Waals surface area contributed by atoms with E-state index in [-0.39, 0.29) is 5.92 Å². The van der Waals surface area contributed by atoms with E-state index in [1.807, 2.05) is 12.1 Å². The smallest absolute Gasteiger partial charge is 0.255 e. The number of hydrogen-bond donors (Lipinski definition) is 3. The summed E-state index contributed by atoms with van der Waals surface area (Å²) in [5.74, 6) is 1.40. The van der Waals surface area contributed by atoms with E-state index in [1.54, 1.807) is 6.20 Å². The van der Waals surface area contributed by atoms with Crippen molar-refractivity contribution in [1.29, 1.82) is 5.26 Å². The van der Waals surface area contributed by atoms with E-state index in [0.717, 1.165) is 47.8 Å². The van der Waals surface area contributed by atoms with Crippen LogP contribution in [0.4, 0.5) is 14.5 Å². The highest BCUT2D eigenvalue weighted by Crippen LogP contribution is 2.45. The van der Waals surface area contributed by atoms with Gasteiger partial charge in [-0.15, -0.1) is 0 Å². The van der Waals surface area contributed by atoms with Crippen molar-refractivity contribution < 1.29 is 18.3 Å². The van der Waals surface area contributed by atoms with Crippen molar-refractivity contribution in [2.24, 2.45) is 0 Å². The molecule has 0 unspecified atom stereocenters. The van der Waals surface area contributed by atoms with Crippen molar-refractivity contribution in [3.8, 4) is 23.3 Å². The van der Waals surface area contributed by atoms with Crippen LogP contribution in [0, 0.1) is 11.3 Å². The van der Waals surface area contributed by atoms with Gasteiger partial charge in [0.15, 0.2) is 0 Å². The quantitative estimate of drug-likeness (QED) is 0.317. The van der Waals surface area contributed by atoms with Crippen LogP contribution in [0.1, 0.15) is 54.3 Å². The van der Waals surface area contributed by atoms with Crippen molar-refractivity contribution >= 4 is 27.6 Å². The molecule has 2 aliphatic rings. The zero-order chi connectivity index (χ0) is 24.8. The fourth-order valence-electron chi connectivity index (χ4n) is 5.25. The first-order valence-corrected chi connectivity index (χ1v) is 12.2. The number of nitriles is 1. The molecule has 2 fully saturated rings. The number of H-pyrrole nitrogens is 2. The molecule has 1 saturated heterocycles. The van der Waals surface area contributed by atoms with E-state index in [9.17, 15) is 14.0 Å². The average molecular weight is 493 g/mol. The molecule has 3 aromatic heterocycles. The first kappa shape index (κ1) is 22.7.